The molecule has 268 valence electrons. The van der Waals surface area contributed by atoms with Gasteiger partial charge in [0.25, 0.3) is 0 Å². The van der Waals surface area contributed by atoms with E-state index in [4.69, 9.17) is 9.84 Å². The lowest BCUT2D eigenvalue weighted by molar-refractivity contribution is -0.147. The molecule has 6 heteroatoms. The number of ether oxygens (including phenoxy) is 1. The third-order valence-electron chi connectivity index (χ3n) is 8.58. The van der Waals surface area contributed by atoms with E-state index < -0.39 is 5.97 Å². The molecule has 1 atom stereocenters. The number of esters is 1. The first-order valence-corrected chi connectivity index (χ1v) is 19.5. The van der Waals surface area contributed by atoms with Gasteiger partial charge in [0.1, 0.15) is 12.6 Å². The molecule has 0 aromatic carbocycles. The average Bonchev–Trinajstić information content (AvgIpc) is 3.04. The maximum absolute atomic E-state index is 12.6. The molecule has 0 saturated heterocycles. The van der Waals surface area contributed by atoms with E-state index >= 15 is 0 Å². The van der Waals surface area contributed by atoms with E-state index in [2.05, 4.69) is 43.5 Å². The third-order valence-corrected chi connectivity index (χ3v) is 8.58. The van der Waals surface area contributed by atoms with Crippen molar-refractivity contribution in [1.29, 1.82) is 0 Å². The first-order valence-electron chi connectivity index (χ1n) is 19.5. The summed E-state index contributed by atoms with van der Waals surface area (Å²) in [6, 6.07) is 0. The van der Waals surface area contributed by atoms with Crippen LogP contribution in [0.25, 0.3) is 0 Å². The zero-order valence-corrected chi connectivity index (χ0v) is 30.2. The molecule has 0 aliphatic heterocycles. The zero-order chi connectivity index (χ0) is 33.8. The lowest BCUT2D eigenvalue weighted by atomic mass is 10.0. The molecule has 0 aliphatic rings. The second kappa shape index (κ2) is 35.7. The fourth-order valence-electron chi connectivity index (χ4n) is 5.65. The number of carboxylic acid groups (broad SMARTS) is 1. The second-order valence-corrected chi connectivity index (χ2v) is 13.2. The molecular formula is C40H73NO5. The van der Waals surface area contributed by atoms with Gasteiger partial charge in [0.2, 0.25) is 5.91 Å². The van der Waals surface area contributed by atoms with E-state index in [1.807, 2.05) is 0 Å². The summed E-state index contributed by atoms with van der Waals surface area (Å²) in [7, 11) is 0. The van der Waals surface area contributed by atoms with E-state index in [0.29, 0.717) is 12.8 Å². The number of allylic oxidation sites excluding steroid dienone is 3. The van der Waals surface area contributed by atoms with Gasteiger partial charge >= 0.3 is 11.9 Å². The Morgan fingerprint density at radius 2 is 1.00 bits per heavy atom. The van der Waals surface area contributed by atoms with E-state index in [9.17, 15) is 14.4 Å². The Bertz CT molecular complexity index is 763. The zero-order valence-electron chi connectivity index (χ0n) is 30.2. The van der Waals surface area contributed by atoms with Crippen LogP contribution in [0.3, 0.4) is 0 Å². The Balaban J connectivity index is 4.19. The number of carbonyl (C=O) groups is 3. The summed E-state index contributed by atoms with van der Waals surface area (Å²) in [5.74, 6) is -1.27. The molecule has 6 nitrogen and oxygen atoms in total. The van der Waals surface area contributed by atoms with Crippen LogP contribution in [0.15, 0.2) is 24.3 Å². The quantitative estimate of drug-likeness (QED) is 0.0405. The number of hydrogen-bond acceptors (Lipinski definition) is 4. The molecular weight excluding hydrogens is 574 g/mol. The van der Waals surface area contributed by atoms with Crippen LogP contribution < -0.4 is 5.32 Å². The number of carboxylic acids is 1. The van der Waals surface area contributed by atoms with Crippen LogP contribution in [0.2, 0.25) is 0 Å². The van der Waals surface area contributed by atoms with Gasteiger partial charge in [0.05, 0.1) is 0 Å². The Labute approximate surface area is 284 Å². The van der Waals surface area contributed by atoms with Gasteiger partial charge < -0.3 is 15.2 Å². The third kappa shape index (κ3) is 34.8. The van der Waals surface area contributed by atoms with Crippen LogP contribution in [0.5, 0.6) is 0 Å². The van der Waals surface area contributed by atoms with Gasteiger partial charge in [-0.3, -0.25) is 14.4 Å². The Morgan fingerprint density at radius 3 is 1.52 bits per heavy atom. The fourth-order valence-corrected chi connectivity index (χ4v) is 5.65. The summed E-state index contributed by atoms with van der Waals surface area (Å²) in [5.41, 5.74) is 0. The van der Waals surface area contributed by atoms with E-state index in [-0.39, 0.29) is 24.5 Å². The number of unbranched alkanes of at least 4 members (excludes halogenated alkanes) is 22. The smallest absolute Gasteiger partial charge is 0.322 e. The maximum atomic E-state index is 12.6. The normalized spacial score (nSPS) is 12.2. The largest absolute Gasteiger partial charge is 0.480 e. The predicted molar refractivity (Wildman–Crippen MR) is 194 cm³/mol. The standard InChI is InChI=1S/C40H73NO5/c1-3-5-7-9-11-13-14-15-16-17-19-21-27-31-35-40(45)46-37(32-28-24-20-18-12-10-8-6-4-2)33-29-25-22-23-26-30-34-38(42)41-36-39(43)44/h14-15,28,32,37H,3-13,16-27,29-31,33-36H2,1-2H3,(H,41,42)(H,43,44)/b15-14-,32-28-. The molecule has 0 saturated carbocycles. The van der Waals surface area contributed by atoms with Crippen molar-refractivity contribution in [2.24, 2.45) is 0 Å². The minimum Gasteiger partial charge on any atom is -0.480 e. The molecule has 1 amide bonds. The summed E-state index contributed by atoms with van der Waals surface area (Å²) in [6.07, 6.45) is 41.6. The molecule has 0 radical (unpaired) electrons. The Hall–Kier alpha value is -2.11. The van der Waals surface area contributed by atoms with Gasteiger partial charge in [0, 0.05) is 12.8 Å². The summed E-state index contributed by atoms with van der Waals surface area (Å²) >= 11 is 0. The number of nitrogens with one attached hydrogen (secondary N) is 1. The molecule has 0 aliphatic carbocycles. The van der Waals surface area contributed by atoms with Crippen LogP contribution in [-0.4, -0.2) is 35.6 Å². The molecule has 1 unspecified atom stereocenters. The Kier molecular flexibility index (Phi) is 34.1. The van der Waals surface area contributed by atoms with Crippen LogP contribution in [0.1, 0.15) is 200 Å². The highest BCUT2D eigenvalue weighted by molar-refractivity contribution is 5.80. The van der Waals surface area contributed by atoms with Crippen LogP contribution in [0.4, 0.5) is 0 Å². The van der Waals surface area contributed by atoms with E-state index in [1.54, 1.807) is 0 Å². The van der Waals surface area contributed by atoms with Gasteiger partial charge in [-0.1, -0.05) is 141 Å². The summed E-state index contributed by atoms with van der Waals surface area (Å²) in [6.45, 7) is 4.20. The van der Waals surface area contributed by atoms with Crippen molar-refractivity contribution in [3.63, 3.8) is 0 Å². The van der Waals surface area contributed by atoms with Gasteiger partial charge in [-0.25, -0.2) is 0 Å². The number of amides is 1. The summed E-state index contributed by atoms with van der Waals surface area (Å²) in [4.78, 5) is 34.8. The minimum absolute atomic E-state index is 0.0615. The molecule has 0 bridgehead atoms. The van der Waals surface area contributed by atoms with Gasteiger partial charge in [-0.05, 0) is 70.3 Å². The fraction of sp³-hybridized carbons (Fsp3) is 0.825. The molecule has 0 heterocycles. The van der Waals surface area contributed by atoms with Crippen molar-refractivity contribution < 1.29 is 24.2 Å². The number of carbonyl (C=O) groups excluding carboxylic acids is 2. The van der Waals surface area contributed by atoms with Crippen molar-refractivity contribution >= 4 is 17.8 Å². The molecule has 0 spiro atoms. The SMILES string of the molecule is CCCCCCC/C=C\CCCCCCCC(=O)OC(/C=C\CCCCCCCCC)CCCCCCCCC(=O)NCC(=O)O. The van der Waals surface area contributed by atoms with Crippen LogP contribution in [-0.2, 0) is 19.1 Å². The highest BCUT2D eigenvalue weighted by Gasteiger charge is 2.11. The Morgan fingerprint density at radius 1 is 0.565 bits per heavy atom. The second-order valence-electron chi connectivity index (χ2n) is 13.2. The maximum Gasteiger partial charge on any atom is 0.322 e. The molecule has 0 rings (SSSR count). The van der Waals surface area contributed by atoms with Gasteiger partial charge in [-0.15, -0.1) is 0 Å². The molecule has 0 aromatic rings. The monoisotopic (exact) mass is 648 g/mol. The van der Waals surface area contributed by atoms with Gasteiger partial charge in [-0.2, -0.15) is 0 Å². The molecule has 2 N–H and O–H groups in total. The lowest BCUT2D eigenvalue weighted by Gasteiger charge is -2.15. The number of aliphatic carboxylic acids is 1. The van der Waals surface area contributed by atoms with Crippen LogP contribution >= 0.6 is 0 Å². The summed E-state index contributed by atoms with van der Waals surface area (Å²) in [5, 5.41) is 11.0. The average molecular weight is 648 g/mol. The molecule has 46 heavy (non-hydrogen) atoms. The van der Waals surface area contributed by atoms with E-state index in [1.165, 1.54) is 109 Å². The minimum atomic E-state index is -1.02. The molecule has 0 aromatic heterocycles. The first-order chi connectivity index (χ1) is 22.5. The van der Waals surface area contributed by atoms with Crippen molar-refractivity contribution in [3.8, 4) is 0 Å². The first kappa shape index (κ1) is 43.9. The van der Waals surface area contributed by atoms with Crippen molar-refractivity contribution in [3.05, 3.63) is 24.3 Å². The predicted octanol–water partition coefficient (Wildman–Crippen LogP) is 11.6. The number of hydrogen-bond donors (Lipinski definition) is 2. The summed E-state index contributed by atoms with van der Waals surface area (Å²) < 4.78 is 5.93. The van der Waals surface area contributed by atoms with Crippen molar-refractivity contribution in [2.45, 2.75) is 206 Å². The van der Waals surface area contributed by atoms with Crippen molar-refractivity contribution in [2.75, 3.05) is 6.54 Å². The van der Waals surface area contributed by atoms with Crippen molar-refractivity contribution in [1.82, 2.24) is 5.32 Å². The highest BCUT2D eigenvalue weighted by atomic mass is 16.5. The topological polar surface area (TPSA) is 92.7 Å². The van der Waals surface area contributed by atoms with E-state index in [0.717, 1.165) is 64.2 Å². The lowest BCUT2D eigenvalue weighted by Crippen LogP contribution is -2.28. The van der Waals surface area contributed by atoms with Crippen LogP contribution in [0, 0.1) is 0 Å². The highest BCUT2D eigenvalue weighted by Crippen LogP contribution is 2.16. The van der Waals surface area contributed by atoms with Gasteiger partial charge in [0.15, 0.2) is 0 Å². The number of rotatable bonds is 35. The molecule has 0 fully saturated rings.